The highest BCUT2D eigenvalue weighted by atomic mass is 79.9. The van der Waals surface area contributed by atoms with E-state index in [-0.39, 0.29) is 17.6 Å². The molecule has 0 heterocycles. The number of ether oxygens (including phenoxy) is 2. The van der Waals surface area contributed by atoms with Crippen molar-refractivity contribution in [1.82, 2.24) is 5.32 Å². The van der Waals surface area contributed by atoms with Crippen LogP contribution in [0.4, 0.5) is 4.39 Å². The molecule has 21 heavy (non-hydrogen) atoms. The Kier molecular flexibility index (Phi) is 5.20. The summed E-state index contributed by atoms with van der Waals surface area (Å²) in [5, 5.41) is 3.14. The van der Waals surface area contributed by atoms with E-state index in [1.165, 1.54) is 7.11 Å². The van der Waals surface area contributed by atoms with E-state index in [1.54, 1.807) is 32.4 Å². The van der Waals surface area contributed by atoms with E-state index in [9.17, 15) is 4.39 Å². The van der Waals surface area contributed by atoms with Crippen molar-refractivity contribution in [1.29, 1.82) is 0 Å². The van der Waals surface area contributed by atoms with Gasteiger partial charge in [0, 0.05) is 10.0 Å². The Morgan fingerprint density at radius 1 is 1.10 bits per heavy atom. The normalized spacial score (nSPS) is 12.0. The van der Waals surface area contributed by atoms with E-state index in [1.807, 2.05) is 18.2 Å². The van der Waals surface area contributed by atoms with Crippen LogP contribution >= 0.6 is 15.9 Å². The van der Waals surface area contributed by atoms with Gasteiger partial charge in [-0.3, -0.25) is 0 Å². The molecule has 5 heteroatoms. The molecule has 0 aromatic heterocycles. The Labute approximate surface area is 132 Å². The summed E-state index contributed by atoms with van der Waals surface area (Å²) < 4.78 is 25.7. The highest BCUT2D eigenvalue weighted by Gasteiger charge is 2.21. The molecular formula is C16H17BrFNO2. The van der Waals surface area contributed by atoms with Crippen molar-refractivity contribution in [3.05, 3.63) is 57.8 Å². The zero-order chi connectivity index (χ0) is 15.4. The molecule has 0 amide bonds. The molecule has 0 aliphatic carbocycles. The van der Waals surface area contributed by atoms with Crippen molar-refractivity contribution in [3.8, 4) is 11.5 Å². The van der Waals surface area contributed by atoms with Crippen LogP contribution in [0.15, 0.2) is 40.9 Å². The van der Waals surface area contributed by atoms with Crippen LogP contribution in [0.25, 0.3) is 0 Å². The molecule has 3 nitrogen and oxygen atoms in total. The maximum atomic E-state index is 14.5. The second-order valence-corrected chi connectivity index (χ2v) is 5.33. The van der Waals surface area contributed by atoms with Crippen LogP contribution in [0.3, 0.4) is 0 Å². The molecule has 0 aliphatic heterocycles. The van der Waals surface area contributed by atoms with Gasteiger partial charge in [0.05, 0.1) is 20.3 Å². The number of hydrogen-bond donors (Lipinski definition) is 1. The lowest BCUT2D eigenvalue weighted by atomic mass is 9.98. The lowest BCUT2D eigenvalue weighted by molar-refractivity contribution is 0.382. The first-order chi connectivity index (χ1) is 10.1. The SMILES string of the molecule is CNC(c1cc(OC)ccc1Br)c1cccc(OC)c1F. The molecular weight excluding hydrogens is 337 g/mol. The number of hydrogen-bond acceptors (Lipinski definition) is 3. The summed E-state index contributed by atoms with van der Waals surface area (Å²) in [5.74, 6) is 0.581. The van der Waals surface area contributed by atoms with E-state index in [0.717, 1.165) is 15.8 Å². The predicted molar refractivity (Wildman–Crippen MR) is 84.5 cm³/mol. The van der Waals surface area contributed by atoms with Crippen molar-refractivity contribution < 1.29 is 13.9 Å². The zero-order valence-electron chi connectivity index (χ0n) is 12.1. The van der Waals surface area contributed by atoms with E-state index in [2.05, 4.69) is 21.2 Å². The first-order valence-corrected chi connectivity index (χ1v) is 7.24. The third-order valence-electron chi connectivity index (χ3n) is 3.33. The first kappa shape index (κ1) is 15.8. The van der Waals surface area contributed by atoms with Crippen LogP contribution in [0.5, 0.6) is 11.5 Å². The summed E-state index contributed by atoms with van der Waals surface area (Å²) in [6, 6.07) is 10.4. The molecule has 1 atom stereocenters. The fourth-order valence-electron chi connectivity index (χ4n) is 2.26. The van der Waals surface area contributed by atoms with Gasteiger partial charge in [-0.05, 0) is 36.9 Å². The van der Waals surface area contributed by atoms with Gasteiger partial charge in [0.1, 0.15) is 5.75 Å². The molecule has 0 bridgehead atoms. The molecule has 2 aromatic carbocycles. The average molecular weight is 354 g/mol. The summed E-state index contributed by atoms with van der Waals surface area (Å²) in [5.41, 5.74) is 1.41. The summed E-state index contributed by atoms with van der Waals surface area (Å²) in [4.78, 5) is 0. The monoisotopic (exact) mass is 353 g/mol. The largest absolute Gasteiger partial charge is 0.497 e. The smallest absolute Gasteiger partial charge is 0.170 e. The minimum absolute atomic E-state index is 0.228. The highest BCUT2D eigenvalue weighted by molar-refractivity contribution is 9.10. The predicted octanol–water partition coefficient (Wildman–Crippen LogP) is 3.91. The Balaban J connectivity index is 2.54. The molecule has 0 radical (unpaired) electrons. The van der Waals surface area contributed by atoms with Crippen molar-refractivity contribution in [2.45, 2.75) is 6.04 Å². The molecule has 2 rings (SSSR count). The van der Waals surface area contributed by atoms with Crippen molar-refractivity contribution in [3.63, 3.8) is 0 Å². The second-order valence-electron chi connectivity index (χ2n) is 4.47. The lowest BCUT2D eigenvalue weighted by Crippen LogP contribution is -2.19. The Morgan fingerprint density at radius 2 is 1.86 bits per heavy atom. The van der Waals surface area contributed by atoms with Crippen LogP contribution in [-0.4, -0.2) is 21.3 Å². The molecule has 0 aliphatic rings. The number of nitrogens with one attached hydrogen (secondary N) is 1. The average Bonchev–Trinajstić information content (AvgIpc) is 2.51. The highest BCUT2D eigenvalue weighted by Crippen LogP contribution is 2.34. The third kappa shape index (κ3) is 3.19. The molecule has 0 fully saturated rings. The van der Waals surface area contributed by atoms with Crippen LogP contribution < -0.4 is 14.8 Å². The van der Waals surface area contributed by atoms with Crippen molar-refractivity contribution >= 4 is 15.9 Å². The van der Waals surface area contributed by atoms with E-state index in [0.29, 0.717) is 5.56 Å². The minimum atomic E-state index is -0.367. The molecule has 0 saturated carbocycles. The summed E-state index contributed by atoms with van der Waals surface area (Å²) in [6.45, 7) is 0. The molecule has 1 unspecified atom stereocenters. The summed E-state index contributed by atoms with van der Waals surface area (Å²) in [7, 11) is 4.85. The van der Waals surface area contributed by atoms with Gasteiger partial charge < -0.3 is 14.8 Å². The van der Waals surface area contributed by atoms with Gasteiger partial charge in [-0.1, -0.05) is 28.1 Å². The minimum Gasteiger partial charge on any atom is -0.497 e. The van der Waals surface area contributed by atoms with Crippen LogP contribution in [-0.2, 0) is 0 Å². The lowest BCUT2D eigenvalue weighted by Gasteiger charge is -2.21. The number of methoxy groups -OCH3 is 2. The molecule has 0 saturated heterocycles. The maximum Gasteiger partial charge on any atom is 0.170 e. The first-order valence-electron chi connectivity index (χ1n) is 6.45. The third-order valence-corrected chi connectivity index (χ3v) is 4.05. The van der Waals surface area contributed by atoms with Gasteiger partial charge in [0.25, 0.3) is 0 Å². The molecule has 2 aromatic rings. The molecule has 1 N–H and O–H groups in total. The fourth-order valence-corrected chi connectivity index (χ4v) is 2.73. The van der Waals surface area contributed by atoms with Crippen LogP contribution in [0.1, 0.15) is 17.2 Å². The quantitative estimate of drug-likeness (QED) is 0.883. The van der Waals surface area contributed by atoms with E-state index < -0.39 is 0 Å². The molecule has 0 spiro atoms. The summed E-state index contributed by atoms with van der Waals surface area (Å²) in [6.07, 6.45) is 0. The van der Waals surface area contributed by atoms with Crippen molar-refractivity contribution in [2.24, 2.45) is 0 Å². The van der Waals surface area contributed by atoms with Crippen LogP contribution in [0.2, 0.25) is 0 Å². The Morgan fingerprint density at radius 3 is 2.48 bits per heavy atom. The zero-order valence-corrected chi connectivity index (χ0v) is 13.7. The maximum absolute atomic E-state index is 14.5. The standard InChI is InChI=1S/C16H17BrFNO2/c1-19-16(11-5-4-6-14(21-3)15(11)18)12-9-10(20-2)7-8-13(12)17/h4-9,16,19H,1-3H3. The van der Waals surface area contributed by atoms with E-state index >= 15 is 0 Å². The van der Waals surface area contributed by atoms with Gasteiger partial charge in [-0.25, -0.2) is 4.39 Å². The van der Waals surface area contributed by atoms with Crippen LogP contribution in [0, 0.1) is 5.82 Å². The number of benzene rings is 2. The van der Waals surface area contributed by atoms with Gasteiger partial charge in [0.15, 0.2) is 11.6 Å². The van der Waals surface area contributed by atoms with Crippen molar-refractivity contribution in [2.75, 3.05) is 21.3 Å². The fraction of sp³-hybridized carbons (Fsp3) is 0.250. The topological polar surface area (TPSA) is 30.5 Å². The number of halogens is 2. The number of rotatable bonds is 5. The second kappa shape index (κ2) is 6.91. The van der Waals surface area contributed by atoms with Gasteiger partial charge in [-0.2, -0.15) is 0 Å². The Bertz CT molecular complexity index is 632. The molecule has 112 valence electrons. The van der Waals surface area contributed by atoms with Gasteiger partial charge >= 0.3 is 0 Å². The summed E-state index contributed by atoms with van der Waals surface area (Å²) >= 11 is 3.51. The van der Waals surface area contributed by atoms with Gasteiger partial charge in [-0.15, -0.1) is 0 Å². The van der Waals surface area contributed by atoms with Gasteiger partial charge in [0.2, 0.25) is 0 Å². The Hall–Kier alpha value is -1.59. The van der Waals surface area contributed by atoms with E-state index in [4.69, 9.17) is 9.47 Å².